The van der Waals surface area contributed by atoms with Crippen molar-refractivity contribution in [3.05, 3.63) is 90.1 Å². The molecule has 1 amide bonds. The summed E-state index contributed by atoms with van der Waals surface area (Å²) in [5.41, 5.74) is 2.96. The molecular formula is C29H31N5O2S. The molecule has 1 N–H and O–H groups in total. The number of carbonyl (C=O) groups excluding carboxylic acids is 1. The molecule has 1 saturated carbocycles. The summed E-state index contributed by atoms with van der Waals surface area (Å²) in [6.45, 7) is 0.420. The maximum absolute atomic E-state index is 12.5. The predicted octanol–water partition coefficient (Wildman–Crippen LogP) is 6.12. The first-order valence-corrected chi connectivity index (χ1v) is 13.7. The zero-order chi connectivity index (χ0) is 25.5. The van der Waals surface area contributed by atoms with Gasteiger partial charge in [-0.3, -0.25) is 9.78 Å². The van der Waals surface area contributed by atoms with Crippen molar-refractivity contribution in [2.75, 3.05) is 11.9 Å². The first-order valence-electron chi connectivity index (χ1n) is 12.7. The summed E-state index contributed by atoms with van der Waals surface area (Å²) in [7, 11) is 2.14. The largest absolute Gasteiger partial charge is 0.455 e. The SMILES string of the molecule is CN(c1cc(-c2ccccc2)nc(SCc2ccc(C(=O)NCc3ccncc3)o2)n1)C1CCCCC1. The van der Waals surface area contributed by atoms with Gasteiger partial charge in [-0.2, -0.15) is 0 Å². The monoisotopic (exact) mass is 513 g/mol. The predicted molar refractivity (Wildman–Crippen MR) is 146 cm³/mol. The van der Waals surface area contributed by atoms with E-state index in [1.807, 2.05) is 36.4 Å². The number of carbonyl (C=O) groups is 1. The number of pyridine rings is 1. The van der Waals surface area contributed by atoms with E-state index in [2.05, 4.69) is 40.4 Å². The van der Waals surface area contributed by atoms with E-state index < -0.39 is 0 Å². The number of hydrogen-bond acceptors (Lipinski definition) is 7. The van der Waals surface area contributed by atoms with Crippen molar-refractivity contribution in [2.45, 2.75) is 55.6 Å². The molecule has 1 fully saturated rings. The third-order valence-electron chi connectivity index (χ3n) is 6.68. The minimum atomic E-state index is -0.244. The van der Waals surface area contributed by atoms with Crippen LogP contribution in [0.25, 0.3) is 11.3 Å². The van der Waals surface area contributed by atoms with Gasteiger partial charge in [0.25, 0.3) is 5.91 Å². The smallest absolute Gasteiger partial charge is 0.287 e. The summed E-state index contributed by atoms with van der Waals surface area (Å²) in [5, 5.41) is 3.58. The van der Waals surface area contributed by atoms with Crippen molar-refractivity contribution >= 4 is 23.5 Å². The number of benzene rings is 1. The number of aromatic nitrogens is 3. The molecule has 3 aromatic heterocycles. The third-order valence-corrected chi connectivity index (χ3v) is 7.55. The van der Waals surface area contributed by atoms with Gasteiger partial charge in [0.2, 0.25) is 0 Å². The quantitative estimate of drug-likeness (QED) is 0.213. The number of hydrogen-bond donors (Lipinski definition) is 1. The number of thioether (sulfide) groups is 1. The van der Waals surface area contributed by atoms with E-state index in [1.165, 1.54) is 43.9 Å². The van der Waals surface area contributed by atoms with Crippen LogP contribution in [-0.4, -0.2) is 33.9 Å². The molecule has 37 heavy (non-hydrogen) atoms. The van der Waals surface area contributed by atoms with Gasteiger partial charge in [0.05, 0.1) is 11.4 Å². The maximum atomic E-state index is 12.5. The van der Waals surface area contributed by atoms with Crippen molar-refractivity contribution in [2.24, 2.45) is 0 Å². The molecule has 190 valence electrons. The van der Waals surface area contributed by atoms with E-state index in [9.17, 15) is 4.79 Å². The van der Waals surface area contributed by atoms with E-state index in [0.29, 0.717) is 35.0 Å². The molecule has 0 unspecified atom stereocenters. The standard InChI is InChI=1S/C29H31N5O2S/c1-34(23-10-6-3-7-11-23)27-18-25(22-8-4-2-5-9-22)32-29(33-27)37-20-24-12-13-26(36-24)28(35)31-19-21-14-16-30-17-15-21/h2,4-5,8-9,12-18,23H,3,6-7,10-11,19-20H2,1H3,(H,31,35). The van der Waals surface area contributed by atoms with Crippen LogP contribution >= 0.6 is 11.8 Å². The van der Waals surface area contributed by atoms with Crippen molar-refractivity contribution in [3.8, 4) is 11.3 Å². The Labute approximate surface area is 221 Å². The average molecular weight is 514 g/mol. The lowest BCUT2D eigenvalue weighted by atomic mass is 9.94. The van der Waals surface area contributed by atoms with Gasteiger partial charge in [0.1, 0.15) is 11.6 Å². The Balaban J connectivity index is 1.28. The second-order valence-corrected chi connectivity index (χ2v) is 10.2. The number of rotatable bonds is 9. The van der Waals surface area contributed by atoms with Gasteiger partial charge in [-0.05, 0) is 42.7 Å². The van der Waals surface area contributed by atoms with Gasteiger partial charge in [-0.25, -0.2) is 9.97 Å². The van der Waals surface area contributed by atoms with Gasteiger partial charge < -0.3 is 14.6 Å². The summed E-state index contributed by atoms with van der Waals surface area (Å²) >= 11 is 1.51. The highest BCUT2D eigenvalue weighted by Gasteiger charge is 2.21. The second kappa shape index (κ2) is 12.1. The fourth-order valence-corrected chi connectivity index (χ4v) is 5.30. The fraction of sp³-hybridized carbons (Fsp3) is 0.310. The lowest BCUT2D eigenvalue weighted by Gasteiger charge is -2.32. The number of anilines is 1. The number of nitrogens with zero attached hydrogens (tertiary/aromatic N) is 4. The molecule has 7 nitrogen and oxygen atoms in total. The van der Waals surface area contributed by atoms with Gasteiger partial charge in [0, 0.05) is 43.7 Å². The van der Waals surface area contributed by atoms with Gasteiger partial charge in [0.15, 0.2) is 10.9 Å². The highest BCUT2D eigenvalue weighted by molar-refractivity contribution is 7.98. The van der Waals surface area contributed by atoms with Crippen LogP contribution in [0.1, 0.15) is 54.0 Å². The Morgan fingerprint density at radius 3 is 2.59 bits per heavy atom. The van der Waals surface area contributed by atoms with Crippen molar-refractivity contribution in [3.63, 3.8) is 0 Å². The lowest BCUT2D eigenvalue weighted by molar-refractivity contribution is 0.0921. The molecule has 1 aliphatic carbocycles. The molecular weight excluding hydrogens is 482 g/mol. The third kappa shape index (κ3) is 6.57. The van der Waals surface area contributed by atoms with Crippen LogP contribution in [0.15, 0.2) is 82.6 Å². The summed E-state index contributed by atoms with van der Waals surface area (Å²) in [6, 6.07) is 20.1. The Morgan fingerprint density at radius 2 is 1.81 bits per heavy atom. The first kappa shape index (κ1) is 25.0. The van der Waals surface area contributed by atoms with E-state index in [0.717, 1.165) is 22.6 Å². The Bertz CT molecular complexity index is 1310. The molecule has 1 aliphatic rings. The van der Waals surface area contributed by atoms with Crippen molar-refractivity contribution < 1.29 is 9.21 Å². The Hall–Kier alpha value is -3.65. The Kier molecular flexibility index (Phi) is 8.15. The molecule has 0 radical (unpaired) electrons. The molecule has 8 heteroatoms. The molecule has 3 heterocycles. The molecule has 0 saturated heterocycles. The van der Waals surface area contributed by atoms with Crippen LogP contribution in [0.2, 0.25) is 0 Å². The summed E-state index contributed by atoms with van der Waals surface area (Å²) in [5.74, 6) is 2.23. The molecule has 0 atom stereocenters. The van der Waals surface area contributed by atoms with Crippen molar-refractivity contribution in [1.82, 2.24) is 20.3 Å². The Morgan fingerprint density at radius 1 is 1.03 bits per heavy atom. The molecule has 0 aliphatic heterocycles. The summed E-state index contributed by atoms with van der Waals surface area (Å²) < 4.78 is 5.83. The first-order chi connectivity index (χ1) is 18.2. The van der Waals surface area contributed by atoms with Crippen LogP contribution in [0.5, 0.6) is 0 Å². The highest BCUT2D eigenvalue weighted by atomic mass is 32.2. The lowest BCUT2D eigenvalue weighted by Crippen LogP contribution is -2.34. The maximum Gasteiger partial charge on any atom is 0.287 e. The summed E-state index contributed by atoms with van der Waals surface area (Å²) in [6.07, 6.45) is 9.66. The minimum absolute atomic E-state index is 0.244. The van der Waals surface area contributed by atoms with E-state index in [4.69, 9.17) is 14.4 Å². The van der Waals surface area contributed by atoms with E-state index in [-0.39, 0.29) is 5.91 Å². The highest BCUT2D eigenvalue weighted by Crippen LogP contribution is 2.30. The van der Waals surface area contributed by atoms with Crippen LogP contribution in [0, 0.1) is 0 Å². The normalized spacial score (nSPS) is 13.9. The number of amides is 1. The van der Waals surface area contributed by atoms with Crippen molar-refractivity contribution in [1.29, 1.82) is 0 Å². The molecule has 0 spiro atoms. The molecule has 0 bridgehead atoms. The average Bonchev–Trinajstić information content (AvgIpc) is 3.45. The van der Waals surface area contributed by atoms with Gasteiger partial charge in [-0.1, -0.05) is 61.4 Å². The van der Waals surface area contributed by atoms with Gasteiger partial charge in [-0.15, -0.1) is 0 Å². The minimum Gasteiger partial charge on any atom is -0.455 e. The number of nitrogens with one attached hydrogen (secondary N) is 1. The molecule has 5 rings (SSSR count). The van der Waals surface area contributed by atoms with E-state index >= 15 is 0 Å². The molecule has 4 aromatic rings. The van der Waals surface area contributed by atoms with E-state index in [1.54, 1.807) is 18.5 Å². The zero-order valence-electron chi connectivity index (χ0n) is 21.0. The van der Waals surface area contributed by atoms with Crippen LogP contribution < -0.4 is 10.2 Å². The fourth-order valence-electron chi connectivity index (χ4n) is 4.55. The second-order valence-electron chi connectivity index (χ2n) is 9.26. The van der Waals surface area contributed by atoms with Crippen LogP contribution in [-0.2, 0) is 12.3 Å². The van der Waals surface area contributed by atoms with Crippen LogP contribution in [0.4, 0.5) is 5.82 Å². The summed E-state index contributed by atoms with van der Waals surface area (Å²) in [4.78, 5) is 28.6. The number of furan rings is 1. The molecule has 1 aromatic carbocycles. The van der Waals surface area contributed by atoms with Gasteiger partial charge >= 0.3 is 0 Å². The van der Waals surface area contributed by atoms with Crippen LogP contribution in [0.3, 0.4) is 0 Å². The topological polar surface area (TPSA) is 84.2 Å². The zero-order valence-corrected chi connectivity index (χ0v) is 21.8.